The number of halogens is 1. The van der Waals surface area contributed by atoms with Crippen LogP contribution in [0.3, 0.4) is 0 Å². The molecule has 7 heteroatoms. The van der Waals surface area contributed by atoms with E-state index in [2.05, 4.69) is 28.9 Å². The van der Waals surface area contributed by atoms with Gasteiger partial charge < -0.3 is 19.8 Å². The minimum atomic E-state index is 0. The van der Waals surface area contributed by atoms with Gasteiger partial charge in [0.05, 0.1) is 11.8 Å². The van der Waals surface area contributed by atoms with E-state index in [1.165, 1.54) is 6.26 Å². The summed E-state index contributed by atoms with van der Waals surface area (Å²) in [5, 5.41) is 1.61. The third kappa shape index (κ3) is 7.29. The van der Waals surface area contributed by atoms with Crippen molar-refractivity contribution in [2.24, 2.45) is 7.05 Å². The van der Waals surface area contributed by atoms with E-state index in [0.717, 1.165) is 22.2 Å². The van der Waals surface area contributed by atoms with Gasteiger partial charge in [-0.15, -0.1) is 0 Å². The Balaban J connectivity index is 0.000000717. The summed E-state index contributed by atoms with van der Waals surface area (Å²) in [4.78, 5) is 11.2. The maximum Gasteiger partial charge on any atom is 0.140 e. The molecule has 3 rings (SSSR count). The molecule has 0 aliphatic rings. The van der Waals surface area contributed by atoms with Crippen molar-refractivity contribution < 1.29 is 37.5 Å². The Hall–Kier alpha value is -1.84. The van der Waals surface area contributed by atoms with Gasteiger partial charge in [0.15, 0.2) is 0 Å². The maximum atomic E-state index is 5.88. The summed E-state index contributed by atoms with van der Waals surface area (Å²) in [6.45, 7) is 3.46. The average molecular weight is 471 g/mol. The third-order valence-electron chi connectivity index (χ3n) is 3.22. The number of rotatable bonds is 3. The molecule has 0 bridgehead atoms. The normalized spacial score (nSPS) is 9.50. The van der Waals surface area contributed by atoms with Crippen molar-refractivity contribution in [1.82, 2.24) is 14.5 Å². The molecular weight excluding hydrogens is 449 g/mol. The summed E-state index contributed by atoms with van der Waals surface area (Å²) in [5.74, 6) is 6.30. The van der Waals surface area contributed by atoms with Crippen LogP contribution in [0.5, 0.6) is 0 Å². The van der Waals surface area contributed by atoms with Gasteiger partial charge >= 0.3 is 0 Å². The van der Waals surface area contributed by atoms with Crippen LogP contribution in [0.1, 0.15) is 11.1 Å². The van der Waals surface area contributed by atoms with Crippen LogP contribution in [0.2, 0.25) is 5.02 Å². The van der Waals surface area contributed by atoms with Crippen molar-refractivity contribution in [3.8, 4) is 11.8 Å². The van der Waals surface area contributed by atoms with Gasteiger partial charge in [0.2, 0.25) is 0 Å². The van der Waals surface area contributed by atoms with Crippen LogP contribution in [0.4, 0.5) is 5.69 Å². The van der Waals surface area contributed by atoms with E-state index in [0.29, 0.717) is 10.7 Å². The summed E-state index contributed by atoms with van der Waals surface area (Å²) in [6, 6.07) is 9.30. The minimum absolute atomic E-state index is 0. The molecule has 5 nitrogen and oxygen atoms in total. The molecule has 0 spiro atoms. The van der Waals surface area contributed by atoms with Gasteiger partial charge in [0.25, 0.3) is 0 Å². The van der Waals surface area contributed by atoms with Crippen molar-refractivity contribution in [2.75, 3.05) is 21.1 Å². The van der Waals surface area contributed by atoms with Crippen LogP contribution in [0.15, 0.2) is 55.6 Å². The molecular formula is C21H22ClN4OY-. The van der Waals surface area contributed by atoms with Crippen molar-refractivity contribution in [3.05, 3.63) is 77.2 Å². The van der Waals surface area contributed by atoms with E-state index in [4.69, 9.17) is 16.4 Å². The van der Waals surface area contributed by atoms with Gasteiger partial charge in [-0.05, 0) is 45.4 Å². The largest absolute Gasteiger partial charge is 0.563 e. The minimum Gasteiger partial charge on any atom is -0.563 e. The second kappa shape index (κ2) is 11.9. The molecule has 28 heavy (non-hydrogen) atoms. The van der Waals surface area contributed by atoms with Crippen molar-refractivity contribution in [1.29, 1.82) is 0 Å². The molecule has 0 unspecified atom stereocenters. The Morgan fingerprint density at radius 1 is 1.21 bits per heavy atom. The number of aromatic nitrogens is 2. The Bertz CT molecular complexity index is 969. The van der Waals surface area contributed by atoms with Gasteiger partial charge in [-0.2, -0.15) is 0 Å². The molecule has 3 aromatic rings. The first-order valence-corrected chi connectivity index (χ1v) is 8.60. The SMILES string of the molecule is C=CO[N-]c1cnc2c(c1)c(C#Cc1ccc(Cl)cc1)cn2C.CN(C)C.[Y]. The molecule has 2 heterocycles. The molecule has 0 N–H and O–H groups in total. The number of aryl methyl sites for hydroxylation is 1. The Labute approximate surface area is 196 Å². The van der Waals surface area contributed by atoms with Gasteiger partial charge in [-0.1, -0.05) is 41.8 Å². The fourth-order valence-electron chi connectivity index (χ4n) is 2.17. The Morgan fingerprint density at radius 3 is 2.46 bits per heavy atom. The van der Waals surface area contributed by atoms with Crippen LogP contribution in [-0.2, 0) is 44.6 Å². The Kier molecular flexibility index (Phi) is 10.3. The first-order chi connectivity index (χ1) is 12.9. The third-order valence-corrected chi connectivity index (χ3v) is 3.47. The van der Waals surface area contributed by atoms with Crippen LogP contribution >= 0.6 is 11.6 Å². The molecule has 143 valence electrons. The van der Waals surface area contributed by atoms with E-state index < -0.39 is 0 Å². The molecule has 0 atom stereocenters. The molecule has 1 aromatic carbocycles. The van der Waals surface area contributed by atoms with Crippen LogP contribution < -0.4 is 0 Å². The fourth-order valence-corrected chi connectivity index (χ4v) is 2.30. The molecule has 0 saturated heterocycles. The maximum absolute atomic E-state index is 5.88. The first kappa shape index (κ1) is 24.2. The summed E-state index contributed by atoms with van der Waals surface area (Å²) in [5.41, 5.74) is 7.12. The number of benzene rings is 1. The molecule has 0 aliphatic heterocycles. The van der Waals surface area contributed by atoms with Crippen molar-refractivity contribution in [3.63, 3.8) is 0 Å². The zero-order valence-corrected chi connectivity index (χ0v) is 20.1. The summed E-state index contributed by atoms with van der Waals surface area (Å²) >= 11 is 5.88. The molecule has 0 saturated carbocycles. The second-order valence-electron chi connectivity index (χ2n) is 6.18. The average Bonchev–Trinajstić information content (AvgIpc) is 2.94. The topological polar surface area (TPSA) is 44.4 Å². The molecule has 0 fully saturated rings. The van der Waals surface area contributed by atoms with Gasteiger partial charge in [0, 0.05) is 68.1 Å². The van der Waals surface area contributed by atoms with E-state index in [1.807, 2.05) is 74.2 Å². The summed E-state index contributed by atoms with van der Waals surface area (Å²) in [6.07, 6.45) is 4.84. The number of nitrogens with zero attached hydrogens (tertiary/aromatic N) is 4. The zero-order chi connectivity index (χ0) is 19.8. The second-order valence-corrected chi connectivity index (χ2v) is 6.62. The van der Waals surface area contributed by atoms with E-state index in [-0.39, 0.29) is 32.7 Å². The number of hydrogen-bond acceptors (Lipinski definition) is 3. The van der Waals surface area contributed by atoms with Crippen LogP contribution in [0.25, 0.3) is 16.5 Å². The number of fused-ring (bicyclic) bond motifs is 1. The molecule has 0 amide bonds. The quantitative estimate of drug-likeness (QED) is 0.311. The van der Waals surface area contributed by atoms with E-state index in [9.17, 15) is 0 Å². The molecule has 1 radical (unpaired) electrons. The van der Waals surface area contributed by atoms with Crippen LogP contribution in [-0.4, -0.2) is 35.6 Å². The molecule has 0 aliphatic carbocycles. The number of hydrogen-bond donors (Lipinski definition) is 0. The molecule has 2 aromatic heterocycles. The predicted octanol–water partition coefficient (Wildman–Crippen LogP) is 4.88. The van der Waals surface area contributed by atoms with Gasteiger partial charge in [0.1, 0.15) is 5.65 Å². The first-order valence-electron chi connectivity index (χ1n) is 8.22. The van der Waals surface area contributed by atoms with Crippen molar-refractivity contribution in [2.45, 2.75) is 0 Å². The summed E-state index contributed by atoms with van der Waals surface area (Å²) in [7, 11) is 7.93. The van der Waals surface area contributed by atoms with Crippen LogP contribution in [0, 0.1) is 11.8 Å². The summed E-state index contributed by atoms with van der Waals surface area (Å²) < 4.78 is 1.93. The standard InChI is InChI=1S/C18H13ClN3O.C3H9N.Y/c1-3-23-21-16-10-17-14(12-22(2)18(17)20-11-16)7-4-13-5-8-15(19)9-6-13;1-4(2)3;/h3,5-6,8-12H,1H2,2H3;1-3H3;/q-1;;. The smallest absolute Gasteiger partial charge is 0.140 e. The van der Waals surface area contributed by atoms with Gasteiger partial charge in [-0.3, -0.25) is 0 Å². The number of pyridine rings is 1. The Morgan fingerprint density at radius 2 is 1.86 bits per heavy atom. The van der Waals surface area contributed by atoms with E-state index in [1.54, 1.807) is 6.20 Å². The van der Waals surface area contributed by atoms with Crippen molar-refractivity contribution >= 4 is 28.3 Å². The fraction of sp³-hybridized carbons (Fsp3) is 0.190. The monoisotopic (exact) mass is 470 g/mol. The van der Waals surface area contributed by atoms with E-state index >= 15 is 0 Å². The predicted molar refractivity (Wildman–Crippen MR) is 112 cm³/mol. The zero-order valence-electron chi connectivity index (χ0n) is 16.5. The van der Waals surface area contributed by atoms with Gasteiger partial charge in [-0.25, -0.2) is 4.98 Å².